The average molecular weight is 157 g/mol. The van der Waals surface area contributed by atoms with Crippen molar-refractivity contribution < 1.29 is 9.90 Å². The molecule has 0 aromatic heterocycles. The maximum atomic E-state index is 10.8. The molecule has 0 aromatic carbocycles. The Bertz CT molecular complexity index is 169. The van der Waals surface area contributed by atoms with Gasteiger partial charge in [-0.25, -0.2) is 0 Å². The lowest BCUT2D eigenvalue weighted by Gasteiger charge is -2.35. The Morgan fingerprint density at radius 1 is 1.64 bits per heavy atom. The van der Waals surface area contributed by atoms with Crippen LogP contribution in [0.25, 0.3) is 0 Å². The average Bonchev–Trinajstić information content (AvgIpc) is 1.95. The molecule has 3 nitrogen and oxygen atoms in total. The van der Waals surface area contributed by atoms with Gasteiger partial charge in [0.1, 0.15) is 5.54 Å². The summed E-state index contributed by atoms with van der Waals surface area (Å²) in [4.78, 5) is 10.8. The Labute approximate surface area is 66.6 Å². The van der Waals surface area contributed by atoms with Crippen molar-refractivity contribution in [3.05, 3.63) is 0 Å². The first-order chi connectivity index (χ1) is 5.07. The Hall–Kier alpha value is -0.570. The van der Waals surface area contributed by atoms with Gasteiger partial charge in [0.25, 0.3) is 0 Å². The zero-order chi connectivity index (χ0) is 8.48. The topological polar surface area (TPSA) is 63.3 Å². The van der Waals surface area contributed by atoms with Crippen molar-refractivity contribution in [2.45, 2.75) is 38.1 Å². The van der Waals surface area contributed by atoms with Crippen LogP contribution in [-0.4, -0.2) is 16.6 Å². The van der Waals surface area contributed by atoms with Crippen LogP contribution in [0.5, 0.6) is 0 Å². The summed E-state index contributed by atoms with van der Waals surface area (Å²) >= 11 is 0. The number of hydrogen-bond acceptors (Lipinski definition) is 2. The van der Waals surface area contributed by atoms with Gasteiger partial charge < -0.3 is 10.8 Å². The van der Waals surface area contributed by atoms with Crippen LogP contribution in [0.15, 0.2) is 0 Å². The highest BCUT2D eigenvalue weighted by molar-refractivity contribution is 5.79. The van der Waals surface area contributed by atoms with Crippen LogP contribution in [-0.2, 0) is 4.79 Å². The molecule has 1 aliphatic carbocycles. The molecular weight excluding hydrogens is 142 g/mol. The predicted molar refractivity (Wildman–Crippen MR) is 42.2 cm³/mol. The maximum absolute atomic E-state index is 10.8. The molecule has 0 radical (unpaired) electrons. The summed E-state index contributed by atoms with van der Waals surface area (Å²) in [7, 11) is 0. The molecule has 0 heterocycles. The molecule has 1 fully saturated rings. The molecule has 0 bridgehead atoms. The normalized spacial score (nSPS) is 38.5. The van der Waals surface area contributed by atoms with Crippen LogP contribution in [0.2, 0.25) is 0 Å². The van der Waals surface area contributed by atoms with Crippen LogP contribution in [0.1, 0.15) is 32.6 Å². The first-order valence-corrected chi connectivity index (χ1v) is 4.09. The van der Waals surface area contributed by atoms with Gasteiger partial charge in [-0.2, -0.15) is 0 Å². The van der Waals surface area contributed by atoms with Gasteiger partial charge >= 0.3 is 5.97 Å². The fourth-order valence-corrected chi connectivity index (χ4v) is 1.69. The highest BCUT2D eigenvalue weighted by Crippen LogP contribution is 2.31. The molecular formula is C8H15NO2. The summed E-state index contributed by atoms with van der Waals surface area (Å²) in [5.74, 6) is -0.724. The van der Waals surface area contributed by atoms with E-state index in [1.807, 2.05) is 6.92 Å². The van der Waals surface area contributed by atoms with E-state index in [2.05, 4.69) is 0 Å². The smallest absolute Gasteiger partial charge is 0.323 e. The minimum atomic E-state index is -0.946. The van der Waals surface area contributed by atoms with Gasteiger partial charge in [-0.3, -0.25) is 4.79 Å². The summed E-state index contributed by atoms with van der Waals surface area (Å²) in [6.45, 7) is 1.92. The van der Waals surface area contributed by atoms with Crippen molar-refractivity contribution in [3.63, 3.8) is 0 Å². The third-order valence-corrected chi connectivity index (χ3v) is 2.76. The van der Waals surface area contributed by atoms with E-state index in [4.69, 9.17) is 10.8 Å². The van der Waals surface area contributed by atoms with E-state index in [1.54, 1.807) is 0 Å². The number of carboxylic acids is 1. The van der Waals surface area contributed by atoms with Crippen LogP contribution in [0.3, 0.4) is 0 Å². The number of carbonyl (C=O) groups is 1. The van der Waals surface area contributed by atoms with Crippen LogP contribution in [0, 0.1) is 5.92 Å². The third-order valence-electron chi connectivity index (χ3n) is 2.76. The molecule has 3 heteroatoms. The van der Waals surface area contributed by atoms with Crippen molar-refractivity contribution in [1.29, 1.82) is 0 Å². The second-order valence-electron chi connectivity index (χ2n) is 3.49. The predicted octanol–water partition coefficient (Wildman–Crippen LogP) is 0.979. The van der Waals surface area contributed by atoms with Gasteiger partial charge in [0.15, 0.2) is 0 Å². The van der Waals surface area contributed by atoms with E-state index in [0.29, 0.717) is 6.42 Å². The number of hydrogen-bond donors (Lipinski definition) is 2. The van der Waals surface area contributed by atoms with Gasteiger partial charge in [-0.1, -0.05) is 19.8 Å². The fraction of sp³-hybridized carbons (Fsp3) is 0.875. The molecule has 1 saturated carbocycles. The number of rotatable bonds is 1. The first-order valence-electron chi connectivity index (χ1n) is 4.09. The standard InChI is InChI=1S/C8H15NO2/c1-6-4-2-3-5-8(6,9)7(10)11/h6H,2-5,9H2,1H3,(H,10,11). The van der Waals surface area contributed by atoms with Crippen LogP contribution in [0.4, 0.5) is 0 Å². The monoisotopic (exact) mass is 157 g/mol. The molecule has 0 amide bonds. The molecule has 0 spiro atoms. The van der Waals surface area contributed by atoms with Gasteiger partial charge in [-0.05, 0) is 18.8 Å². The van der Waals surface area contributed by atoms with Crippen molar-refractivity contribution in [1.82, 2.24) is 0 Å². The molecule has 0 saturated heterocycles. The van der Waals surface area contributed by atoms with E-state index in [9.17, 15) is 4.79 Å². The highest BCUT2D eigenvalue weighted by Gasteiger charge is 2.41. The van der Waals surface area contributed by atoms with E-state index in [1.165, 1.54) is 0 Å². The van der Waals surface area contributed by atoms with E-state index < -0.39 is 11.5 Å². The van der Waals surface area contributed by atoms with E-state index in [0.717, 1.165) is 19.3 Å². The van der Waals surface area contributed by atoms with Gasteiger partial charge in [0, 0.05) is 0 Å². The quantitative estimate of drug-likeness (QED) is 0.596. The fourth-order valence-electron chi connectivity index (χ4n) is 1.69. The Balaban J connectivity index is 2.72. The zero-order valence-corrected chi connectivity index (χ0v) is 6.84. The molecule has 1 aliphatic rings. The minimum absolute atomic E-state index is 0.119. The van der Waals surface area contributed by atoms with Gasteiger partial charge in [0.05, 0.1) is 0 Å². The highest BCUT2D eigenvalue weighted by atomic mass is 16.4. The molecule has 64 valence electrons. The Morgan fingerprint density at radius 3 is 2.64 bits per heavy atom. The molecule has 2 unspecified atom stereocenters. The third kappa shape index (κ3) is 1.38. The molecule has 1 rings (SSSR count). The first kappa shape index (κ1) is 8.53. The molecule has 0 aliphatic heterocycles. The second-order valence-corrected chi connectivity index (χ2v) is 3.49. The summed E-state index contributed by atoms with van der Waals surface area (Å²) in [5, 5.41) is 8.84. The Kier molecular flexibility index (Phi) is 2.18. The summed E-state index contributed by atoms with van der Waals surface area (Å²) < 4.78 is 0. The van der Waals surface area contributed by atoms with E-state index >= 15 is 0 Å². The zero-order valence-electron chi connectivity index (χ0n) is 6.84. The molecule has 0 aromatic rings. The molecule has 3 N–H and O–H groups in total. The lowest BCUT2D eigenvalue weighted by molar-refractivity contribution is -0.146. The molecule has 11 heavy (non-hydrogen) atoms. The number of aliphatic carboxylic acids is 1. The SMILES string of the molecule is CC1CCCCC1(N)C(=O)O. The second kappa shape index (κ2) is 2.81. The van der Waals surface area contributed by atoms with Crippen molar-refractivity contribution in [2.75, 3.05) is 0 Å². The maximum Gasteiger partial charge on any atom is 0.323 e. The van der Waals surface area contributed by atoms with Crippen LogP contribution >= 0.6 is 0 Å². The van der Waals surface area contributed by atoms with Crippen molar-refractivity contribution in [2.24, 2.45) is 11.7 Å². The minimum Gasteiger partial charge on any atom is -0.480 e. The van der Waals surface area contributed by atoms with Crippen molar-refractivity contribution in [3.8, 4) is 0 Å². The summed E-state index contributed by atoms with van der Waals surface area (Å²) in [5.41, 5.74) is 4.80. The molecule has 2 atom stereocenters. The lowest BCUT2D eigenvalue weighted by Crippen LogP contribution is -2.54. The van der Waals surface area contributed by atoms with Crippen LogP contribution < -0.4 is 5.73 Å². The van der Waals surface area contributed by atoms with Gasteiger partial charge in [0.2, 0.25) is 0 Å². The van der Waals surface area contributed by atoms with E-state index in [-0.39, 0.29) is 5.92 Å². The number of nitrogens with two attached hydrogens (primary N) is 1. The lowest BCUT2D eigenvalue weighted by atomic mass is 9.74. The Morgan fingerprint density at radius 2 is 2.27 bits per heavy atom. The number of carboxylic acid groups (broad SMARTS) is 1. The van der Waals surface area contributed by atoms with Gasteiger partial charge in [-0.15, -0.1) is 0 Å². The van der Waals surface area contributed by atoms with Crippen molar-refractivity contribution >= 4 is 5.97 Å². The summed E-state index contributed by atoms with van der Waals surface area (Å²) in [6, 6.07) is 0. The largest absolute Gasteiger partial charge is 0.480 e. The summed E-state index contributed by atoms with van der Waals surface area (Å²) in [6.07, 6.45) is 3.65.